The zero-order chi connectivity index (χ0) is 17.5. The van der Waals surface area contributed by atoms with Gasteiger partial charge in [0.2, 0.25) is 0 Å². The quantitative estimate of drug-likeness (QED) is 0.619. The van der Waals surface area contributed by atoms with Gasteiger partial charge in [-0.3, -0.25) is 19.4 Å². The molecule has 3 rings (SSSR count). The van der Waals surface area contributed by atoms with Crippen LogP contribution in [0.2, 0.25) is 0 Å². The molecular formula is C15H15N3O5S. The lowest BCUT2D eigenvalue weighted by atomic mass is 10.1. The fourth-order valence-corrected chi connectivity index (χ4v) is 4.51. The number of nitro groups is 1. The van der Waals surface area contributed by atoms with Gasteiger partial charge in [-0.2, -0.15) is 0 Å². The van der Waals surface area contributed by atoms with Crippen LogP contribution in [-0.4, -0.2) is 31.5 Å². The first-order valence-corrected chi connectivity index (χ1v) is 8.59. The van der Waals surface area contributed by atoms with Crippen LogP contribution in [-0.2, 0) is 16.4 Å². The Hall–Kier alpha value is -2.68. The van der Waals surface area contributed by atoms with E-state index in [0.29, 0.717) is 23.4 Å². The second-order valence-corrected chi connectivity index (χ2v) is 7.30. The SMILES string of the molecule is COc1cncc(S(=O)(=O)N2c3ccc([N+](=O)[O-])cc3CC2C)c1. The van der Waals surface area contributed by atoms with Gasteiger partial charge in [0.05, 0.1) is 23.9 Å². The summed E-state index contributed by atoms with van der Waals surface area (Å²) in [7, 11) is -2.42. The molecule has 0 bridgehead atoms. The highest BCUT2D eigenvalue weighted by Gasteiger charge is 2.37. The van der Waals surface area contributed by atoms with Crippen LogP contribution in [0.3, 0.4) is 0 Å². The summed E-state index contributed by atoms with van der Waals surface area (Å²) < 4.78 is 32.3. The normalized spacial score (nSPS) is 16.8. The fraction of sp³-hybridized carbons (Fsp3) is 0.267. The molecule has 0 saturated heterocycles. The van der Waals surface area contributed by atoms with Crippen LogP contribution in [0.25, 0.3) is 0 Å². The third-order valence-corrected chi connectivity index (χ3v) is 5.80. The molecule has 0 saturated carbocycles. The van der Waals surface area contributed by atoms with Crippen LogP contribution in [0.4, 0.5) is 11.4 Å². The van der Waals surface area contributed by atoms with Gasteiger partial charge in [-0.15, -0.1) is 0 Å². The number of aromatic nitrogens is 1. The van der Waals surface area contributed by atoms with Gasteiger partial charge in [0, 0.05) is 30.4 Å². The number of methoxy groups -OCH3 is 1. The number of hydrogen-bond donors (Lipinski definition) is 0. The van der Waals surface area contributed by atoms with Gasteiger partial charge in [-0.05, 0) is 25.0 Å². The molecule has 2 aromatic rings. The van der Waals surface area contributed by atoms with Crippen molar-refractivity contribution in [3.05, 3.63) is 52.3 Å². The van der Waals surface area contributed by atoms with E-state index < -0.39 is 14.9 Å². The van der Waals surface area contributed by atoms with Crippen LogP contribution < -0.4 is 9.04 Å². The van der Waals surface area contributed by atoms with E-state index in [4.69, 9.17) is 4.74 Å². The van der Waals surface area contributed by atoms with Gasteiger partial charge < -0.3 is 4.74 Å². The highest BCUT2D eigenvalue weighted by molar-refractivity contribution is 7.92. The van der Waals surface area contributed by atoms with Crippen molar-refractivity contribution in [3.8, 4) is 5.75 Å². The fourth-order valence-electron chi connectivity index (χ4n) is 2.83. The molecule has 24 heavy (non-hydrogen) atoms. The lowest BCUT2D eigenvalue weighted by Gasteiger charge is -2.24. The summed E-state index contributed by atoms with van der Waals surface area (Å²) in [5, 5.41) is 10.9. The van der Waals surface area contributed by atoms with E-state index in [-0.39, 0.29) is 16.6 Å². The van der Waals surface area contributed by atoms with Crippen molar-refractivity contribution in [1.82, 2.24) is 4.98 Å². The molecule has 9 heteroatoms. The van der Waals surface area contributed by atoms with Gasteiger partial charge in [-0.1, -0.05) is 0 Å². The third kappa shape index (κ3) is 2.56. The molecule has 2 heterocycles. The number of ether oxygens (including phenoxy) is 1. The van der Waals surface area contributed by atoms with E-state index >= 15 is 0 Å². The summed E-state index contributed by atoms with van der Waals surface area (Å²) in [6.45, 7) is 1.76. The van der Waals surface area contributed by atoms with Crippen molar-refractivity contribution in [2.24, 2.45) is 0 Å². The summed E-state index contributed by atoms with van der Waals surface area (Å²) in [6, 6.07) is 5.26. The summed E-state index contributed by atoms with van der Waals surface area (Å²) in [5.74, 6) is 0.340. The Kier molecular flexibility index (Phi) is 3.88. The third-order valence-electron chi connectivity index (χ3n) is 3.91. The van der Waals surface area contributed by atoms with E-state index in [0.717, 1.165) is 0 Å². The molecule has 1 atom stereocenters. The zero-order valence-electron chi connectivity index (χ0n) is 13.0. The maximum atomic E-state index is 13.0. The van der Waals surface area contributed by atoms with Crippen LogP contribution in [0, 0.1) is 10.1 Å². The minimum absolute atomic E-state index is 0.0138. The minimum atomic E-state index is -3.85. The van der Waals surface area contributed by atoms with Gasteiger partial charge in [0.15, 0.2) is 0 Å². The molecule has 1 aromatic carbocycles. The number of benzene rings is 1. The predicted octanol–water partition coefficient (Wildman–Crippen LogP) is 2.14. The first kappa shape index (κ1) is 16.2. The van der Waals surface area contributed by atoms with Crippen LogP contribution >= 0.6 is 0 Å². The van der Waals surface area contributed by atoms with Crippen molar-refractivity contribution in [1.29, 1.82) is 0 Å². The average Bonchev–Trinajstić information content (AvgIpc) is 2.90. The van der Waals surface area contributed by atoms with Gasteiger partial charge >= 0.3 is 0 Å². The number of rotatable bonds is 4. The molecule has 0 aliphatic carbocycles. The Morgan fingerprint density at radius 2 is 2.08 bits per heavy atom. The summed E-state index contributed by atoms with van der Waals surface area (Å²) in [6.07, 6.45) is 3.09. The smallest absolute Gasteiger partial charge is 0.269 e. The van der Waals surface area contributed by atoms with Crippen molar-refractivity contribution >= 4 is 21.4 Å². The number of pyridine rings is 1. The average molecular weight is 349 g/mol. The molecule has 8 nitrogen and oxygen atoms in total. The first-order valence-electron chi connectivity index (χ1n) is 7.15. The number of non-ortho nitro benzene ring substituents is 1. The largest absolute Gasteiger partial charge is 0.495 e. The molecule has 1 aliphatic heterocycles. The number of fused-ring (bicyclic) bond motifs is 1. The summed E-state index contributed by atoms with van der Waals surface area (Å²) in [4.78, 5) is 14.3. The second kappa shape index (κ2) is 5.75. The lowest BCUT2D eigenvalue weighted by Crippen LogP contribution is -2.35. The Balaban J connectivity index is 2.08. The molecule has 1 aromatic heterocycles. The minimum Gasteiger partial charge on any atom is -0.495 e. The van der Waals surface area contributed by atoms with Crippen molar-refractivity contribution in [3.63, 3.8) is 0 Å². The number of nitrogens with zero attached hydrogens (tertiary/aromatic N) is 3. The molecule has 0 amide bonds. The lowest BCUT2D eigenvalue weighted by molar-refractivity contribution is -0.384. The Morgan fingerprint density at radius 1 is 1.33 bits per heavy atom. The Bertz CT molecular complexity index is 913. The second-order valence-electron chi connectivity index (χ2n) is 5.48. The predicted molar refractivity (Wildman–Crippen MR) is 86.7 cm³/mol. The number of anilines is 1. The van der Waals surface area contributed by atoms with Crippen molar-refractivity contribution in [2.75, 3.05) is 11.4 Å². The molecule has 0 radical (unpaired) electrons. The zero-order valence-corrected chi connectivity index (χ0v) is 13.9. The molecule has 0 N–H and O–H groups in total. The van der Waals surface area contributed by atoms with Gasteiger partial charge in [0.1, 0.15) is 10.6 Å². The van der Waals surface area contributed by atoms with Crippen molar-refractivity contribution < 1.29 is 18.1 Å². The molecule has 126 valence electrons. The monoisotopic (exact) mass is 349 g/mol. The number of hydrogen-bond acceptors (Lipinski definition) is 6. The summed E-state index contributed by atoms with van der Waals surface area (Å²) in [5.41, 5.74) is 1.04. The molecule has 0 spiro atoms. The molecular weight excluding hydrogens is 334 g/mol. The molecule has 1 aliphatic rings. The van der Waals surface area contributed by atoms with E-state index in [1.165, 1.54) is 48.1 Å². The number of sulfonamides is 1. The van der Waals surface area contributed by atoms with E-state index in [1.54, 1.807) is 6.92 Å². The first-order chi connectivity index (χ1) is 11.3. The van der Waals surface area contributed by atoms with Crippen LogP contribution in [0.1, 0.15) is 12.5 Å². The van der Waals surface area contributed by atoms with Crippen LogP contribution in [0.15, 0.2) is 41.6 Å². The maximum absolute atomic E-state index is 13.0. The summed E-state index contributed by atoms with van der Waals surface area (Å²) >= 11 is 0. The van der Waals surface area contributed by atoms with E-state index in [1.807, 2.05) is 0 Å². The highest BCUT2D eigenvalue weighted by Crippen LogP contribution is 2.38. The standard InChI is InChI=1S/C15H15N3O5S/c1-10-5-11-6-12(18(19)20)3-4-15(11)17(10)24(21,22)14-7-13(23-2)8-16-9-14/h3-4,6-10H,5H2,1-2H3. The highest BCUT2D eigenvalue weighted by atomic mass is 32.2. The molecule has 1 unspecified atom stereocenters. The van der Waals surface area contributed by atoms with E-state index in [9.17, 15) is 18.5 Å². The van der Waals surface area contributed by atoms with Crippen molar-refractivity contribution in [2.45, 2.75) is 24.3 Å². The van der Waals surface area contributed by atoms with Gasteiger partial charge in [-0.25, -0.2) is 8.42 Å². The Morgan fingerprint density at radius 3 is 2.75 bits per heavy atom. The topological polar surface area (TPSA) is 103 Å². The van der Waals surface area contributed by atoms with Crippen LogP contribution in [0.5, 0.6) is 5.75 Å². The molecule has 0 fully saturated rings. The number of nitro benzene ring substituents is 1. The van der Waals surface area contributed by atoms with E-state index in [2.05, 4.69) is 4.98 Å². The maximum Gasteiger partial charge on any atom is 0.269 e. The van der Waals surface area contributed by atoms with Gasteiger partial charge in [0.25, 0.3) is 15.7 Å². The Labute approximate surface area is 138 Å².